The van der Waals surface area contributed by atoms with E-state index in [1.54, 1.807) is 48.5 Å². The third kappa shape index (κ3) is 4.59. The van der Waals surface area contributed by atoms with Crippen LogP contribution in [0.4, 0.5) is 0 Å². The molecule has 2 rings (SSSR count). The SMILES string of the molecule is CCC(C)=C=Cc1ccccc1OS(=O)(=O)c1ccc(C)cc1. The molecule has 23 heavy (non-hydrogen) atoms. The van der Waals surface area contributed by atoms with Crippen molar-refractivity contribution in [3.63, 3.8) is 0 Å². The number of para-hydroxylation sites is 1. The van der Waals surface area contributed by atoms with E-state index in [1.165, 1.54) is 0 Å². The van der Waals surface area contributed by atoms with Crippen LogP contribution < -0.4 is 4.18 Å². The van der Waals surface area contributed by atoms with Gasteiger partial charge >= 0.3 is 10.1 Å². The molecule has 0 bridgehead atoms. The molecule has 0 radical (unpaired) electrons. The molecule has 0 saturated carbocycles. The maximum Gasteiger partial charge on any atom is 0.339 e. The Balaban J connectivity index is 2.37. The number of hydrogen-bond donors (Lipinski definition) is 0. The number of rotatable bonds is 5. The summed E-state index contributed by atoms with van der Waals surface area (Å²) in [5, 5.41) is 0. The molecule has 0 atom stereocenters. The predicted octanol–water partition coefficient (Wildman–Crippen LogP) is 4.73. The molecule has 0 spiro atoms. The summed E-state index contributed by atoms with van der Waals surface area (Å²) in [7, 11) is -3.85. The van der Waals surface area contributed by atoms with Gasteiger partial charge in [0.05, 0.1) is 0 Å². The van der Waals surface area contributed by atoms with Crippen LogP contribution in [-0.4, -0.2) is 8.42 Å². The average molecular weight is 328 g/mol. The molecule has 120 valence electrons. The number of aryl methyl sites for hydroxylation is 1. The average Bonchev–Trinajstić information content (AvgIpc) is 2.53. The first-order valence-electron chi connectivity index (χ1n) is 7.44. The van der Waals surface area contributed by atoms with Crippen molar-refractivity contribution in [1.82, 2.24) is 0 Å². The molecule has 2 aromatic rings. The molecule has 0 heterocycles. The molecule has 0 fully saturated rings. The van der Waals surface area contributed by atoms with Gasteiger partial charge in [-0.1, -0.05) is 42.8 Å². The van der Waals surface area contributed by atoms with Crippen molar-refractivity contribution in [2.45, 2.75) is 32.1 Å². The fraction of sp³-hybridized carbons (Fsp3) is 0.211. The lowest BCUT2D eigenvalue weighted by Crippen LogP contribution is -2.10. The number of hydrogen-bond acceptors (Lipinski definition) is 3. The minimum Gasteiger partial charge on any atom is -0.378 e. The van der Waals surface area contributed by atoms with Gasteiger partial charge in [-0.15, -0.1) is 5.73 Å². The summed E-state index contributed by atoms with van der Waals surface area (Å²) in [6, 6.07) is 13.6. The third-order valence-corrected chi connectivity index (χ3v) is 4.68. The van der Waals surface area contributed by atoms with Crippen molar-refractivity contribution in [2.75, 3.05) is 0 Å². The van der Waals surface area contributed by atoms with Crippen LogP contribution in [0.15, 0.2) is 64.7 Å². The second-order valence-corrected chi connectivity index (χ2v) is 6.86. The monoisotopic (exact) mass is 328 g/mol. The van der Waals surface area contributed by atoms with Crippen LogP contribution in [0, 0.1) is 6.92 Å². The Morgan fingerprint density at radius 3 is 2.43 bits per heavy atom. The van der Waals surface area contributed by atoms with Crippen LogP contribution in [0.2, 0.25) is 0 Å². The summed E-state index contributed by atoms with van der Waals surface area (Å²) in [5.74, 6) is 0.296. The Hall–Kier alpha value is -2.29. The van der Waals surface area contributed by atoms with E-state index in [-0.39, 0.29) is 4.90 Å². The lowest BCUT2D eigenvalue weighted by atomic mass is 10.2. The summed E-state index contributed by atoms with van der Waals surface area (Å²) in [6.07, 6.45) is 2.64. The van der Waals surface area contributed by atoms with E-state index < -0.39 is 10.1 Å². The highest BCUT2D eigenvalue weighted by molar-refractivity contribution is 7.87. The summed E-state index contributed by atoms with van der Waals surface area (Å²) in [6.45, 7) is 5.92. The van der Waals surface area contributed by atoms with E-state index in [9.17, 15) is 8.42 Å². The molecule has 0 saturated heterocycles. The molecule has 0 aromatic heterocycles. The van der Waals surface area contributed by atoms with Gasteiger partial charge in [0.2, 0.25) is 0 Å². The topological polar surface area (TPSA) is 43.4 Å². The van der Waals surface area contributed by atoms with Gasteiger partial charge < -0.3 is 4.18 Å². The van der Waals surface area contributed by atoms with E-state index in [1.807, 2.05) is 26.8 Å². The molecule has 2 aromatic carbocycles. The Bertz CT molecular complexity index is 840. The largest absolute Gasteiger partial charge is 0.378 e. The normalized spacial score (nSPS) is 10.7. The quantitative estimate of drug-likeness (QED) is 0.588. The first kappa shape index (κ1) is 17.1. The predicted molar refractivity (Wildman–Crippen MR) is 92.9 cm³/mol. The second-order valence-electron chi connectivity index (χ2n) is 5.31. The molecule has 0 aliphatic heterocycles. The maximum absolute atomic E-state index is 12.4. The van der Waals surface area contributed by atoms with Crippen molar-refractivity contribution in [3.05, 3.63) is 71.0 Å². The molecule has 0 N–H and O–H groups in total. The summed E-state index contributed by atoms with van der Waals surface area (Å²) in [4.78, 5) is 0.141. The lowest BCUT2D eigenvalue weighted by molar-refractivity contribution is 0.485. The zero-order valence-corrected chi connectivity index (χ0v) is 14.4. The second kappa shape index (κ2) is 7.32. The van der Waals surface area contributed by atoms with Gasteiger partial charge in [0.25, 0.3) is 0 Å². The highest BCUT2D eigenvalue weighted by atomic mass is 32.2. The zero-order chi connectivity index (χ0) is 16.9. The van der Waals surface area contributed by atoms with Gasteiger partial charge in [-0.3, -0.25) is 0 Å². The van der Waals surface area contributed by atoms with Crippen LogP contribution in [0.25, 0.3) is 6.08 Å². The lowest BCUT2D eigenvalue weighted by Gasteiger charge is -2.09. The minimum atomic E-state index is -3.85. The smallest absolute Gasteiger partial charge is 0.339 e. The highest BCUT2D eigenvalue weighted by Gasteiger charge is 2.17. The number of allylic oxidation sites excluding steroid dienone is 1. The fourth-order valence-corrected chi connectivity index (χ4v) is 2.80. The molecule has 0 aliphatic carbocycles. The van der Waals surface area contributed by atoms with Gasteiger partial charge in [0.15, 0.2) is 5.75 Å². The standard InChI is InChI=1S/C19H20O3S/c1-4-15(2)9-12-17-7-5-6-8-19(17)22-23(20,21)18-13-10-16(3)11-14-18/h5-8,10-14H,4H2,1-3H3. The van der Waals surface area contributed by atoms with E-state index in [4.69, 9.17) is 4.18 Å². The van der Waals surface area contributed by atoms with Crippen molar-refractivity contribution in [2.24, 2.45) is 0 Å². The van der Waals surface area contributed by atoms with E-state index >= 15 is 0 Å². The van der Waals surface area contributed by atoms with Crippen LogP contribution in [0.3, 0.4) is 0 Å². The molecule has 0 aliphatic rings. The summed E-state index contributed by atoms with van der Waals surface area (Å²) < 4.78 is 30.1. The summed E-state index contributed by atoms with van der Waals surface area (Å²) in [5.41, 5.74) is 5.89. The molecule has 0 unspecified atom stereocenters. The zero-order valence-electron chi connectivity index (χ0n) is 13.5. The molecule has 3 nitrogen and oxygen atoms in total. The molecule has 4 heteroatoms. The molecular formula is C19H20O3S. The van der Waals surface area contributed by atoms with Crippen molar-refractivity contribution in [3.8, 4) is 5.75 Å². The van der Waals surface area contributed by atoms with Crippen LogP contribution in [0.1, 0.15) is 31.4 Å². The van der Waals surface area contributed by atoms with Gasteiger partial charge in [-0.2, -0.15) is 8.42 Å². The Kier molecular flexibility index (Phi) is 5.43. The van der Waals surface area contributed by atoms with E-state index in [2.05, 4.69) is 5.73 Å². The van der Waals surface area contributed by atoms with Gasteiger partial charge in [-0.25, -0.2) is 0 Å². The summed E-state index contributed by atoms with van der Waals surface area (Å²) >= 11 is 0. The maximum atomic E-state index is 12.4. The van der Waals surface area contributed by atoms with E-state index in [0.717, 1.165) is 17.6 Å². The molecular weight excluding hydrogens is 308 g/mol. The van der Waals surface area contributed by atoms with Gasteiger partial charge in [0, 0.05) is 5.56 Å². The van der Waals surface area contributed by atoms with Crippen molar-refractivity contribution in [1.29, 1.82) is 0 Å². The van der Waals surface area contributed by atoms with Crippen LogP contribution in [-0.2, 0) is 10.1 Å². The third-order valence-electron chi connectivity index (χ3n) is 3.43. The Labute approximate surface area is 138 Å². The minimum absolute atomic E-state index is 0.141. The first-order chi connectivity index (χ1) is 10.9. The Morgan fingerprint density at radius 2 is 1.78 bits per heavy atom. The number of benzene rings is 2. The van der Waals surface area contributed by atoms with Crippen LogP contribution in [0.5, 0.6) is 5.75 Å². The fourth-order valence-electron chi connectivity index (χ4n) is 1.85. The molecule has 0 amide bonds. The van der Waals surface area contributed by atoms with Gasteiger partial charge in [-0.05, 0) is 50.1 Å². The van der Waals surface area contributed by atoms with Crippen molar-refractivity contribution >= 4 is 16.2 Å². The van der Waals surface area contributed by atoms with Crippen molar-refractivity contribution < 1.29 is 12.6 Å². The first-order valence-corrected chi connectivity index (χ1v) is 8.85. The Morgan fingerprint density at radius 1 is 1.13 bits per heavy atom. The van der Waals surface area contributed by atoms with Gasteiger partial charge in [0.1, 0.15) is 4.90 Å². The highest BCUT2D eigenvalue weighted by Crippen LogP contribution is 2.24. The van der Waals surface area contributed by atoms with E-state index in [0.29, 0.717) is 11.3 Å². The van der Waals surface area contributed by atoms with Crippen LogP contribution >= 0.6 is 0 Å².